The van der Waals surface area contributed by atoms with Crippen molar-refractivity contribution in [2.24, 2.45) is 0 Å². The van der Waals surface area contributed by atoms with E-state index in [1.165, 1.54) is 4.88 Å². The van der Waals surface area contributed by atoms with Gasteiger partial charge in [0.15, 0.2) is 0 Å². The SMILES string of the molecule is Cc1csc([C@H](Cc2cccs2)NC(=O)CCCn2ccnc2)n1. The number of nitrogens with one attached hydrogen (secondary N) is 1. The quantitative estimate of drug-likeness (QED) is 0.668. The van der Waals surface area contributed by atoms with Crippen molar-refractivity contribution < 1.29 is 4.79 Å². The lowest BCUT2D eigenvalue weighted by Crippen LogP contribution is -2.29. The summed E-state index contributed by atoms with van der Waals surface area (Å²) in [7, 11) is 0. The first-order valence-electron chi connectivity index (χ1n) is 7.90. The molecule has 3 aromatic heterocycles. The molecule has 0 aromatic carbocycles. The van der Waals surface area contributed by atoms with Gasteiger partial charge in [-0.15, -0.1) is 22.7 Å². The first-order valence-corrected chi connectivity index (χ1v) is 9.66. The van der Waals surface area contributed by atoms with Crippen LogP contribution >= 0.6 is 22.7 Å². The molecular weight excluding hydrogens is 340 g/mol. The molecule has 1 amide bonds. The van der Waals surface area contributed by atoms with Crippen molar-refractivity contribution in [3.05, 3.63) is 57.2 Å². The summed E-state index contributed by atoms with van der Waals surface area (Å²) in [6.07, 6.45) is 7.53. The number of aromatic nitrogens is 3. The number of hydrogen-bond acceptors (Lipinski definition) is 5. The summed E-state index contributed by atoms with van der Waals surface area (Å²) in [5.74, 6) is 0.0736. The number of amides is 1. The van der Waals surface area contributed by atoms with Gasteiger partial charge in [0, 0.05) is 47.7 Å². The largest absolute Gasteiger partial charge is 0.346 e. The Morgan fingerprint density at radius 3 is 3.00 bits per heavy atom. The van der Waals surface area contributed by atoms with Crippen molar-refractivity contribution >= 4 is 28.6 Å². The Bertz CT molecular complexity index is 750. The third kappa shape index (κ3) is 4.75. The van der Waals surface area contributed by atoms with Gasteiger partial charge in [0.2, 0.25) is 5.91 Å². The van der Waals surface area contributed by atoms with Crippen molar-refractivity contribution in [2.75, 3.05) is 0 Å². The van der Waals surface area contributed by atoms with Gasteiger partial charge in [0.25, 0.3) is 0 Å². The Hall–Kier alpha value is -1.99. The minimum absolute atomic E-state index is 0.0527. The maximum atomic E-state index is 12.3. The molecular formula is C17H20N4OS2. The fourth-order valence-corrected chi connectivity index (χ4v) is 4.07. The first-order chi connectivity index (χ1) is 11.7. The molecule has 3 rings (SSSR count). The van der Waals surface area contributed by atoms with Gasteiger partial charge in [0.1, 0.15) is 5.01 Å². The lowest BCUT2D eigenvalue weighted by atomic mass is 10.1. The molecule has 0 saturated heterocycles. The fourth-order valence-electron chi connectivity index (χ4n) is 2.47. The number of nitrogens with zero attached hydrogens (tertiary/aromatic N) is 3. The zero-order valence-electron chi connectivity index (χ0n) is 13.5. The molecule has 1 N–H and O–H groups in total. The van der Waals surface area contributed by atoms with Crippen LogP contribution in [0.25, 0.3) is 0 Å². The molecule has 126 valence electrons. The summed E-state index contributed by atoms with van der Waals surface area (Å²) in [6, 6.07) is 4.09. The van der Waals surface area contributed by atoms with E-state index in [-0.39, 0.29) is 11.9 Å². The maximum absolute atomic E-state index is 12.3. The van der Waals surface area contributed by atoms with Crippen LogP contribution in [-0.4, -0.2) is 20.4 Å². The van der Waals surface area contributed by atoms with Crippen LogP contribution in [0.5, 0.6) is 0 Å². The van der Waals surface area contributed by atoms with E-state index in [0.717, 1.165) is 30.1 Å². The lowest BCUT2D eigenvalue weighted by Gasteiger charge is -2.16. The highest BCUT2D eigenvalue weighted by Gasteiger charge is 2.18. The molecule has 7 heteroatoms. The van der Waals surface area contributed by atoms with Crippen LogP contribution in [-0.2, 0) is 17.8 Å². The molecule has 0 aliphatic carbocycles. The number of aryl methyl sites for hydroxylation is 2. The Labute approximate surface area is 149 Å². The van der Waals surface area contributed by atoms with Crippen LogP contribution in [0.1, 0.15) is 34.5 Å². The molecule has 0 bridgehead atoms. The van der Waals surface area contributed by atoms with Crippen LogP contribution < -0.4 is 5.32 Å². The monoisotopic (exact) mass is 360 g/mol. The first kappa shape index (κ1) is 16.9. The second-order valence-electron chi connectivity index (χ2n) is 5.63. The third-order valence-electron chi connectivity index (χ3n) is 3.63. The van der Waals surface area contributed by atoms with Crippen LogP contribution in [0.3, 0.4) is 0 Å². The summed E-state index contributed by atoms with van der Waals surface area (Å²) in [5, 5.41) is 8.22. The van der Waals surface area contributed by atoms with Gasteiger partial charge < -0.3 is 9.88 Å². The Kier molecular flexibility index (Phi) is 5.77. The zero-order chi connectivity index (χ0) is 16.8. The molecule has 0 radical (unpaired) electrons. The van der Waals surface area contributed by atoms with Crippen molar-refractivity contribution in [3.63, 3.8) is 0 Å². The van der Waals surface area contributed by atoms with Gasteiger partial charge >= 0.3 is 0 Å². The average molecular weight is 361 g/mol. The number of rotatable bonds is 8. The van der Waals surface area contributed by atoms with E-state index in [2.05, 4.69) is 26.7 Å². The predicted molar refractivity (Wildman–Crippen MR) is 97.2 cm³/mol. The zero-order valence-corrected chi connectivity index (χ0v) is 15.1. The number of carbonyl (C=O) groups excluding carboxylic acids is 1. The van der Waals surface area contributed by atoms with Gasteiger partial charge in [-0.1, -0.05) is 6.07 Å². The molecule has 3 aromatic rings. The number of thiazole rings is 1. The minimum Gasteiger partial charge on any atom is -0.346 e. The van der Waals surface area contributed by atoms with Gasteiger partial charge in [-0.3, -0.25) is 4.79 Å². The summed E-state index contributed by atoms with van der Waals surface area (Å²) in [6.45, 7) is 2.79. The van der Waals surface area contributed by atoms with E-state index in [9.17, 15) is 4.79 Å². The minimum atomic E-state index is -0.0527. The third-order valence-corrected chi connectivity index (χ3v) is 5.61. The van der Waals surface area contributed by atoms with Gasteiger partial charge in [0.05, 0.1) is 12.4 Å². The molecule has 0 saturated carbocycles. The van der Waals surface area contributed by atoms with Crippen LogP contribution in [0, 0.1) is 6.92 Å². The van der Waals surface area contributed by atoms with Crippen molar-refractivity contribution in [1.82, 2.24) is 19.9 Å². The van der Waals surface area contributed by atoms with Crippen LogP contribution in [0.4, 0.5) is 0 Å². The number of thiophene rings is 1. The number of imidazole rings is 1. The van der Waals surface area contributed by atoms with E-state index in [4.69, 9.17) is 0 Å². The molecule has 0 aliphatic heterocycles. The Morgan fingerprint density at radius 1 is 1.42 bits per heavy atom. The molecule has 0 aliphatic rings. The van der Waals surface area contributed by atoms with Crippen LogP contribution in [0.15, 0.2) is 41.6 Å². The highest BCUT2D eigenvalue weighted by molar-refractivity contribution is 7.10. The highest BCUT2D eigenvalue weighted by Crippen LogP contribution is 2.24. The van der Waals surface area contributed by atoms with E-state index in [1.807, 2.05) is 29.1 Å². The molecule has 3 heterocycles. The van der Waals surface area contributed by atoms with E-state index >= 15 is 0 Å². The van der Waals surface area contributed by atoms with Crippen molar-refractivity contribution in [3.8, 4) is 0 Å². The standard InChI is InChI=1S/C17H20N4OS2/c1-13-11-24-17(19-13)15(10-14-4-3-9-23-14)20-16(22)5-2-7-21-8-6-18-12-21/h3-4,6,8-9,11-12,15H,2,5,7,10H2,1H3,(H,20,22)/t15-/m0/s1. The highest BCUT2D eigenvalue weighted by atomic mass is 32.1. The van der Waals surface area contributed by atoms with Gasteiger partial charge in [-0.2, -0.15) is 0 Å². The lowest BCUT2D eigenvalue weighted by molar-refractivity contribution is -0.122. The molecule has 5 nitrogen and oxygen atoms in total. The van der Waals surface area contributed by atoms with Crippen molar-refractivity contribution in [2.45, 2.75) is 38.8 Å². The normalized spacial score (nSPS) is 12.2. The van der Waals surface area contributed by atoms with Gasteiger partial charge in [-0.05, 0) is 24.8 Å². The molecule has 0 fully saturated rings. The maximum Gasteiger partial charge on any atom is 0.220 e. The summed E-state index contributed by atoms with van der Waals surface area (Å²) < 4.78 is 1.99. The van der Waals surface area contributed by atoms with Gasteiger partial charge in [-0.25, -0.2) is 9.97 Å². The summed E-state index contributed by atoms with van der Waals surface area (Å²) in [5.41, 5.74) is 1.00. The topological polar surface area (TPSA) is 59.8 Å². The Morgan fingerprint density at radius 2 is 2.33 bits per heavy atom. The van der Waals surface area contributed by atoms with Crippen LogP contribution in [0.2, 0.25) is 0 Å². The molecule has 0 unspecified atom stereocenters. The molecule has 1 atom stereocenters. The fraction of sp³-hybridized carbons (Fsp3) is 0.353. The van der Waals surface area contributed by atoms with E-state index in [0.29, 0.717) is 6.42 Å². The number of carbonyl (C=O) groups is 1. The summed E-state index contributed by atoms with van der Waals surface area (Å²) in [4.78, 5) is 22.2. The Balaban J connectivity index is 1.57. The predicted octanol–water partition coefficient (Wildman–Crippen LogP) is 3.59. The van der Waals surface area contributed by atoms with E-state index in [1.54, 1.807) is 35.2 Å². The average Bonchev–Trinajstić information content (AvgIpc) is 3.29. The number of hydrogen-bond donors (Lipinski definition) is 1. The molecule has 24 heavy (non-hydrogen) atoms. The second-order valence-corrected chi connectivity index (χ2v) is 7.56. The van der Waals surface area contributed by atoms with E-state index < -0.39 is 0 Å². The molecule has 0 spiro atoms. The smallest absolute Gasteiger partial charge is 0.220 e. The van der Waals surface area contributed by atoms with Crippen molar-refractivity contribution in [1.29, 1.82) is 0 Å². The second kappa shape index (κ2) is 8.21. The summed E-state index contributed by atoms with van der Waals surface area (Å²) >= 11 is 3.32.